The lowest BCUT2D eigenvalue weighted by atomic mass is 9.96. The zero-order valence-electron chi connectivity index (χ0n) is 12.0. The lowest BCUT2D eigenvalue weighted by Gasteiger charge is -2.32. The molecule has 1 N–H and O–H groups in total. The first-order chi connectivity index (χ1) is 9.74. The van der Waals surface area contributed by atoms with Crippen LogP contribution < -0.4 is 4.90 Å². The van der Waals surface area contributed by atoms with E-state index in [1.807, 2.05) is 12.1 Å². The fourth-order valence-corrected chi connectivity index (χ4v) is 2.90. The van der Waals surface area contributed by atoms with Gasteiger partial charge >= 0.3 is 5.97 Å². The van der Waals surface area contributed by atoms with Crippen molar-refractivity contribution in [3.63, 3.8) is 0 Å². The van der Waals surface area contributed by atoms with Gasteiger partial charge in [-0.1, -0.05) is 18.6 Å². The quantitative estimate of drug-likeness (QED) is 0.605. The van der Waals surface area contributed by atoms with Gasteiger partial charge in [0.05, 0.1) is 5.56 Å². The van der Waals surface area contributed by atoms with Crippen LogP contribution in [-0.2, 0) is 6.42 Å². The summed E-state index contributed by atoms with van der Waals surface area (Å²) in [5, 5.41) is 9.27. The van der Waals surface area contributed by atoms with Crippen molar-refractivity contribution >= 4 is 11.7 Å². The maximum absolute atomic E-state index is 11.3. The molecule has 0 atom stereocenters. The minimum Gasteiger partial charge on any atom is -0.478 e. The molecule has 0 bridgehead atoms. The number of hydrogen-bond donors (Lipinski definition) is 1. The zero-order valence-corrected chi connectivity index (χ0v) is 12.0. The van der Waals surface area contributed by atoms with Gasteiger partial charge in [-0.25, -0.2) is 4.79 Å². The number of rotatable bonds is 7. The summed E-state index contributed by atoms with van der Waals surface area (Å²) < 4.78 is 0. The first kappa shape index (κ1) is 14.6. The number of allylic oxidation sites excluding steroid dienone is 1. The summed E-state index contributed by atoms with van der Waals surface area (Å²) in [6.07, 6.45) is 8.53. The van der Waals surface area contributed by atoms with E-state index >= 15 is 0 Å². The topological polar surface area (TPSA) is 40.5 Å². The van der Waals surface area contributed by atoms with E-state index in [0.717, 1.165) is 50.0 Å². The number of aromatic carboxylic acids is 1. The summed E-state index contributed by atoms with van der Waals surface area (Å²) in [4.78, 5) is 13.6. The minimum atomic E-state index is -0.810. The number of anilines is 1. The number of hydrogen-bond acceptors (Lipinski definition) is 2. The van der Waals surface area contributed by atoms with Crippen LogP contribution >= 0.6 is 0 Å². The zero-order chi connectivity index (χ0) is 14.4. The van der Waals surface area contributed by atoms with Gasteiger partial charge < -0.3 is 10.0 Å². The normalized spacial score (nSPS) is 13.9. The molecule has 108 valence electrons. The van der Waals surface area contributed by atoms with E-state index in [9.17, 15) is 9.90 Å². The van der Waals surface area contributed by atoms with Crippen molar-refractivity contribution in [1.82, 2.24) is 0 Å². The number of unbranched alkanes of at least 4 members (excludes halogenated alkanes) is 3. The average molecular weight is 273 g/mol. The monoisotopic (exact) mass is 273 g/mol. The number of fused-ring (bicyclic) bond motifs is 1. The van der Waals surface area contributed by atoms with E-state index in [-0.39, 0.29) is 0 Å². The molecule has 20 heavy (non-hydrogen) atoms. The van der Waals surface area contributed by atoms with E-state index in [2.05, 4.69) is 17.5 Å². The van der Waals surface area contributed by atoms with Gasteiger partial charge in [0.15, 0.2) is 0 Å². The van der Waals surface area contributed by atoms with Gasteiger partial charge in [-0.15, -0.1) is 6.58 Å². The lowest BCUT2D eigenvalue weighted by Crippen LogP contribution is -2.31. The van der Waals surface area contributed by atoms with Crippen LogP contribution in [0.15, 0.2) is 30.9 Å². The van der Waals surface area contributed by atoms with Gasteiger partial charge in [-0.2, -0.15) is 0 Å². The summed E-state index contributed by atoms with van der Waals surface area (Å²) in [7, 11) is 0. The first-order valence-electron chi connectivity index (χ1n) is 7.45. The predicted molar refractivity (Wildman–Crippen MR) is 82.6 cm³/mol. The van der Waals surface area contributed by atoms with E-state index in [1.165, 1.54) is 12.8 Å². The highest BCUT2D eigenvalue weighted by atomic mass is 16.4. The lowest BCUT2D eigenvalue weighted by molar-refractivity contribution is 0.0695. The van der Waals surface area contributed by atoms with Crippen LogP contribution in [-0.4, -0.2) is 24.2 Å². The Labute approximate surface area is 120 Å². The van der Waals surface area contributed by atoms with Gasteiger partial charge in [0.2, 0.25) is 0 Å². The Morgan fingerprint density at radius 2 is 2.20 bits per heavy atom. The van der Waals surface area contributed by atoms with Crippen LogP contribution in [0.2, 0.25) is 0 Å². The summed E-state index contributed by atoms with van der Waals surface area (Å²) in [6.45, 7) is 5.80. The number of carboxylic acids is 1. The smallest absolute Gasteiger partial charge is 0.336 e. The van der Waals surface area contributed by atoms with Crippen LogP contribution in [0.5, 0.6) is 0 Å². The fraction of sp³-hybridized carbons (Fsp3) is 0.471. The number of benzene rings is 1. The molecule has 0 unspecified atom stereocenters. The molecule has 1 aliphatic heterocycles. The van der Waals surface area contributed by atoms with E-state index in [1.54, 1.807) is 6.07 Å². The Balaban J connectivity index is 2.03. The second-order valence-electron chi connectivity index (χ2n) is 5.34. The molecule has 1 heterocycles. The van der Waals surface area contributed by atoms with Gasteiger partial charge in [-0.05, 0) is 49.8 Å². The largest absolute Gasteiger partial charge is 0.478 e. The third kappa shape index (κ3) is 3.41. The molecule has 0 amide bonds. The molecule has 0 radical (unpaired) electrons. The van der Waals surface area contributed by atoms with Crippen molar-refractivity contribution in [2.75, 3.05) is 18.0 Å². The van der Waals surface area contributed by atoms with Crippen molar-refractivity contribution in [2.24, 2.45) is 0 Å². The molecule has 0 spiro atoms. The fourth-order valence-electron chi connectivity index (χ4n) is 2.90. The standard InChI is InChI=1S/C17H23NO2/c1-2-3-4-5-6-12-18-13-8-10-14-15(17(19)20)9-7-11-16(14)18/h2,7,9,11H,1,3-6,8,10,12-13H2,(H,19,20). The molecule has 3 nitrogen and oxygen atoms in total. The number of carbonyl (C=O) groups is 1. The second-order valence-corrected chi connectivity index (χ2v) is 5.34. The Morgan fingerprint density at radius 1 is 1.35 bits per heavy atom. The van der Waals surface area contributed by atoms with Crippen LogP contribution in [0.3, 0.4) is 0 Å². The Kier molecular flexibility index (Phi) is 5.22. The molecule has 1 aliphatic rings. The molecule has 0 aliphatic carbocycles. The summed E-state index contributed by atoms with van der Waals surface area (Å²) >= 11 is 0. The Morgan fingerprint density at radius 3 is 2.95 bits per heavy atom. The maximum atomic E-state index is 11.3. The van der Waals surface area contributed by atoms with Crippen molar-refractivity contribution in [3.8, 4) is 0 Å². The first-order valence-corrected chi connectivity index (χ1v) is 7.45. The molecule has 2 rings (SSSR count). The number of carboxylic acid groups (broad SMARTS) is 1. The van der Waals surface area contributed by atoms with Crippen molar-refractivity contribution < 1.29 is 9.90 Å². The van der Waals surface area contributed by atoms with Crippen LogP contribution in [0.4, 0.5) is 5.69 Å². The van der Waals surface area contributed by atoms with Crippen LogP contribution in [0, 0.1) is 0 Å². The average Bonchev–Trinajstić information content (AvgIpc) is 2.46. The van der Waals surface area contributed by atoms with Gasteiger partial charge in [0.1, 0.15) is 0 Å². The van der Waals surface area contributed by atoms with E-state index < -0.39 is 5.97 Å². The highest BCUT2D eigenvalue weighted by Crippen LogP contribution is 2.30. The molecule has 0 fully saturated rings. The summed E-state index contributed by atoms with van der Waals surface area (Å²) in [5.41, 5.74) is 2.61. The third-order valence-electron chi connectivity index (χ3n) is 3.91. The van der Waals surface area contributed by atoms with Crippen molar-refractivity contribution in [2.45, 2.75) is 38.5 Å². The van der Waals surface area contributed by atoms with Gasteiger partial charge in [0, 0.05) is 18.8 Å². The molecule has 0 aromatic heterocycles. The molecule has 0 saturated carbocycles. The molecular formula is C17H23NO2. The highest BCUT2D eigenvalue weighted by molar-refractivity contribution is 5.91. The van der Waals surface area contributed by atoms with Crippen molar-refractivity contribution in [1.29, 1.82) is 0 Å². The van der Waals surface area contributed by atoms with Crippen LogP contribution in [0.25, 0.3) is 0 Å². The summed E-state index contributed by atoms with van der Waals surface area (Å²) in [5.74, 6) is -0.810. The molecular weight excluding hydrogens is 250 g/mol. The van der Waals surface area contributed by atoms with Gasteiger partial charge in [0.25, 0.3) is 0 Å². The van der Waals surface area contributed by atoms with E-state index in [0.29, 0.717) is 5.56 Å². The molecule has 0 saturated heterocycles. The molecule has 1 aromatic carbocycles. The van der Waals surface area contributed by atoms with E-state index in [4.69, 9.17) is 0 Å². The summed E-state index contributed by atoms with van der Waals surface area (Å²) in [6, 6.07) is 5.64. The van der Waals surface area contributed by atoms with Crippen molar-refractivity contribution in [3.05, 3.63) is 42.0 Å². The van der Waals surface area contributed by atoms with Gasteiger partial charge in [-0.3, -0.25) is 0 Å². The second kappa shape index (κ2) is 7.13. The van der Waals surface area contributed by atoms with Crippen LogP contribution in [0.1, 0.15) is 48.0 Å². The maximum Gasteiger partial charge on any atom is 0.336 e. The molecule has 1 aromatic rings. The Bertz CT molecular complexity index is 482. The SMILES string of the molecule is C=CCCCCCN1CCCc2c(C(=O)O)cccc21. The number of nitrogens with zero attached hydrogens (tertiary/aromatic N) is 1. The minimum absolute atomic E-state index is 0.471. The molecule has 3 heteroatoms. The Hall–Kier alpha value is -1.77. The highest BCUT2D eigenvalue weighted by Gasteiger charge is 2.21. The third-order valence-corrected chi connectivity index (χ3v) is 3.91. The predicted octanol–water partition coefficient (Wildman–Crippen LogP) is 3.88.